The Balaban J connectivity index is 1.65. The fraction of sp³-hybridized carbons (Fsp3) is 0.438. The molecule has 1 atom stereocenters. The van der Waals surface area contributed by atoms with Gasteiger partial charge in [0.05, 0.1) is 0 Å². The number of hydrogen-bond acceptors (Lipinski definition) is 4. The number of carboxylic acids is 1. The summed E-state index contributed by atoms with van der Waals surface area (Å²) in [7, 11) is 0. The molecule has 110 valence electrons. The van der Waals surface area contributed by atoms with Crippen LogP contribution in [0.1, 0.15) is 42.1 Å². The first-order valence-electron chi connectivity index (χ1n) is 7.23. The predicted molar refractivity (Wildman–Crippen MR) is 76.0 cm³/mol. The molecule has 0 saturated carbocycles. The topological polar surface area (TPSA) is 76.2 Å². The lowest BCUT2D eigenvalue weighted by atomic mass is 10.0. The molecule has 0 bridgehead atoms. The molecule has 1 aliphatic rings. The third-order valence-electron chi connectivity index (χ3n) is 3.95. The Morgan fingerprint density at radius 3 is 2.67 bits per heavy atom. The number of rotatable bonds is 5. The SMILES string of the molecule is CC(CC(=O)O)Cc1nc(C2Cc3ccccc3C2)no1. The van der Waals surface area contributed by atoms with E-state index in [0.717, 1.165) is 18.7 Å². The standard InChI is InChI=1S/C16H18N2O3/c1-10(7-15(19)20)6-14-17-16(18-21-14)13-8-11-4-2-3-5-12(11)9-13/h2-5,10,13H,6-9H2,1H3,(H,19,20). The van der Waals surface area contributed by atoms with Crippen molar-refractivity contribution in [2.45, 2.75) is 38.5 Å². The highest BCUT2D eigenvalue weighted by Crippen LogP contribution is 2.32. The van der Waals surface area contributed by atoms with E-state index in [9.17, 15) is 4.79 Å². The molecule has 5 nitrogen and oxygen atoms in total. The number of nitrogens with zero attached hydrogens (tertiary/aromatic N) is 2. The van der Waals surface area contributed by atoms with Crippen LogP contribution in [0.15, 0.2) is 28.8 Å². The van der Waals surface area contributed by atoms with Gasteiger partial charge in [0, 0.05) is 18.8 Å². The first-order chi connectivity index (χ1) is 10.1. The zero-order valence-corrected chi connectivity index (χ0v) is 12.0. The maximum Gasteiger partial charge on any atom is 0.303 e. The van der Waals surface area contributed by atoms with E-state index in [1.807, 2.05) is 6.92 Å². The van der Waals surface area contributed by atoms with Crippen LogP contribution in [-0.2, 0) is 24.1 Å². The van der Waals surface area contributed by atoms with Gasteiger partial charge in [-0.05, 0) is 29.9 Å². The molecule has 3 rings (SSSR count). The highest BCUT2D eigenvalue weighted by Gasteiger charge is 2.26. The van der Waals surface area contributed by atoms with E-state index in [1.54, 1.807) is 0 Å². The van der Waals surface area contributed by atoms with Crippen LogP contribution in [0.25, 0.3) is 0 Å². The van der Waals surface area contributed by atoms with Gasteiger partial charge in [-0.2, -0.15) is 4.98 Å². The van der Waals surface area contributed by atoms with E-state index in [1.165, 1.54) is 11.1 Å². The van der Waals surface area contributed by atoms with Crippen LogP contribution in [0.5, 0.6) is 0 Å². The van der Waals surface area contributed by atoms with Crippen LogP contribution in [0, 0.1) is 5.92 Å². The Labute approximate surface area is 123 Å². The first-order valence-corrected chi connectivity index (χ1v) is 7.23. The van der Waals surface area contributed by atoms with E-state index >= 15 is 0 Å². The number of carbonyl (C=O) groups is 1. The Morgan fingerprint density at radius 1 is 1.38 bits per heavy atom. The third-order valence-corrected chi connectivity index (χ3v) is 3.95. The van der Waals surface area contributed by atoms with Crippen LogP contribution in [0.3, 0.4) is 0 Å². The molecule has 0 aliphatic heterocycles. The Bertz CT molecular complexity index is 625. The maximum absolute atomic E-state index is 10.7. The van der Waals surface area contributed by atoms with E-state index in [2.05, 4.69) is 34.4 Å². The van der Waals surface area contributed by atoms with Crippen LogP contribution in [0.2, 0.25) is 0 Å². The minimum Gasteiger partial charge on any atom is -0.481 e. The fourth-order valence-corrected chi connectivity index (χ4v) is 2.93. The summed E-state index contributed by atoms with van der Waals surface area (Å²) in [6, 6.07) is 8.39. The van der Waals surface area contributed by atoms with Crippen molar-refractivity contribution in [1.82, 2.24) is 10.1 Å². The number of carboxylic acid groups (broad SMARTS) is 1. The molecule has 1 heterocycles. The molecule has 21 heavy (non-hydrogen) atoms. The molecule has 1 N–H and O–H groups in total. The largest absolute Gasteiger partial charge is 0.481 e. The number of fused-ring (bicyclic) bond motifs is 1. The number of aliphatic carboxylic acids is 1. The van der Waals surface area contributed by atoms with E-state index in [-0.39, 0.29) is 18.3 Å². The zero-order chi connectivity index (χ0) is 14.8. The molecule has 1 unspecified atom stereocenters. The summed E-state index contributed by atoms with van der Waals surface area (Å²) in [5.41, 5.74) is 2.71. The summed E-state index contributed by atoms with van der Waals surface area (Å²) in [4.78, 5) is 15.1. The Hall–Kier alpha value is -2.17. The lowest BCUT2D eigenvalue weighted by Gasteiger charge is -2.03. The van der Waals surface area contributed by atoms with Crippen molar-refractivity contribution in [1.29, 1.82) is 0 Å². The second-order valence-electron chi connectivity index (χ2n) is 5.83. The predicted octanol–water partition coefficient (Wildman–Crippen LogP) is 2.61. The van der Waals surface area contributed by atoms with Gasteiger partial charge in [0.25, 0.3) is 0 Å². The van der Waals surface area contributed by atoms with Gasteiger partial charge in [-0.1, -0.05) is 36.3 Å². The minimum absolute atomic E-state index is 0.00317. The van der Waals surface area contributed by atoms with Crippen molar-refractivity contribution >= 4 is 5.97 Å². The molecular formula is C16H18N2O3. The molecule has 0 fully saturated rings. The van der Waals surface area contributed by atoms with Gasteiger partial charge >= 0.3 is 5.97 Å². The van der Waals surface area contributed by atoms with Crippen molar-refractivity contribution in [3.63, 3.8) is 0 Å². The molecule has 1 aliphatic carbocycles. The van der Waals surface area contributed by atoms with Crippen molar-refractivity contribution in [2.24, 2.45) is 5.92 Å². The van der Waals surface area contributed by atoms with Crippen molar-refractivity contribution < 1.29 is 14.4 Å². The third kappa shape index (κ3) is 3.12. The molecule has 0 spiro atoms. The summed E-state index contributed by atoms with van der Waals surface area (Å²) in [5.74, 6) is 0.748. The van der Waals surface area contributed by atoms with Crippen LogP contribution in [0.4, 0.5) is 0 Å². The van der Waals surface area contributed by atoms with E-state index in [4.69, 9.17) is 9.63 Å². The summed E-state index contributed by atoms with van der Waals surface area (Å²) < 4.78 is 5.27. The minimum atomic E-state index is -0.798. The highest BCUT2D eigenvalue weighted by molar-refractivity contribution is 5.66. The van der Waals surface area contributed by atoms with Crippen LogP contribution >= 0.6 is 0 Å². The average molecular weight is 286 g/mol. The van der Waals surface area contributed by atoms with Gasteiger partial charge in [0.1, 0.15) is 0 Å². The normalized spacial score (nSPS) is 15.9. The second kappa shape index (κ2) is 5.68. The van der Waals surface area contributed by atoms with Crippen molar-refractivity contribution in [3.8, 4) is 0 Å². The monoisotopic (exact) mass is 286 g/mol. The lowest BCUT2D eigenvalue weighted by Crippen LogP contribution is -2.07. The molecular weight excluding hydrogens is 268 g/mol. The summed E-state index contributed by atoms with van der Waals surface area (Å²) in [6.45, 7) is 1.88. The molecule has 0 radical (unpaired) electrons. The van der Waals surface area contributed by atoms with Crippen LogP contribution < -0.4 is 0 Å². The average Bonchev–Trinajstić information content (AvgIpc) is 3.03. The van der Waals surface area contributed by atoms with E-state index < -0.39 is 5.97 Å². The van der Waals surface area contributed by atoms with Gasteiger partial charge in [0.2, 0.25) is 5.89 Å². The van der Waals surface area contributed by atoms with Gasteiger partial charge in [-0.15, -0.1) is 0 Å². The van der Waals surface area contributed by atoms with Gasteiger partial charge in [-0.25, -0.2) is 0 Å². The maximum atomic E-state index is 10.7. The van der Waals surface area contributed by atoms with Crippen molar-refractivity contribution in [3.05, 3.63) is 47.1 Å². The zero-order valence-electron chi connectivity index (χ0n) is 12.0. The second-order valence-corrected chi connectivity index (χ2v) is 5.83. The molecule has 5 heteroatoms. The molecule has 0 saturated heterocycles. The van der Waals surface area contributed by atoms with Gasteiger partial charge < -0.3 is 9.63 Å². The molecule has 2 aromatic rings. The van der Waals surface area contributed by atoms with Gasteiger partial charge in [0.15, 0.2) is 5.82 Å². The summed E-state index contributed by atoms with van der Waals surface area (Å²) >= 11 is 0. The van der Waals surface area contributed by atoms with E-state index in [0.29, 0.717) is 12.3 Å². The number of hydrogen-bond donors (Lipinski definition) is 1. The molecule has 1 aromatic carbocycles. The van der Waals surface area contributed by atoms with Crippen molar-refractivity contribution in [2.75, 3.05) is 0 Å². The Morgan fingerprint density at radius 2 is 2.05 bits per heavy atom. The lowest BCUT2D eigenvalue weighted by molar-refractivity contribution is -0.137. The van der Waals surface area contributed by atoms with Gasteiger partial charge in [-0.3, -0.25) is 4.79 Å². The number of aromatic nitrogens is 2. The Kier molecular flexibility index (Phi) is 3.73. The fourth-order valence-electron chi connectivity index (χ4n) is 2.93. The molecule has 0 amide bonds. The quantitative estimate of drug-likeness (QED) is 0.914. The molecule has 1 aromatic heterocycles. The van der Waals surface area contributed by atoms with Crippen LogP contribution in [-0.4, -0.2) is 21.2 Å². The first kappa shape index (κ1) is 13.8. The summed E-state index contributed by atoms with van der Waals surface area (Å²) in [6.07, 6.45) is 2.52. The smallest absolute Gasteiger partial charge is 0.303 e. The highest BCUT2D eigenvalue weighted by atomic mass is 16.5. The summed E-state index contributed by atoms with van der Waals surface area (Å²) in [5, 5.41) is 12.9. The number of benzene rings is 1.